The molecule has 1 rings (SSSR count). The van der Waals surface area contributed by atoms with Crippen molar-refractivity contribution in [3.63, 3.8) is 0 Å². The number of carbonyl (C=O) groups is 1. The van der Waals surface area contributed by atoms with Gasteiger partial charge in [-0.25, -0.2) is 0 Å². The molecule has 0 aliphatic rings. The number of likely N-dealkylation sites (N-methyl/N-ethyl adjacent to an activating group) is 1. The molecule has 1 aromatic carbocycles. The Kier molecular flexibility index (Phi) is 5.93. The number of nitrogens with one attached hydrogen (secondary N) is 1. The number of aliphatic carboxylic acids is 1. The van der Waals surface area contributed by atoms with E-state index in [1.165, 1.54) is 0 Å². The molecule has 0 aliphatic carbocycles. The lowest BCUT2D eigenvalue weighted by Crippen LogP contribution is -2.35. The summed E-state index contributed by atoms with van der Waals surface area (Å²) in [6, 6.07) is 3.35. The summed E-state index contributed by atoms with van der Waals surface area (Å²) in [6.07, 6.45) is 0.460. The maximum atomic E-state index is 10.9. The van der Waals surface area contributed by atoms with Gasteiger partial charge in [0.15, 0.2) is 0 Å². The van der Waals surface area contributed by atoms with E-state index in [0.29, 0.717) is 6.42 Å². The molecule has 0 radical (unpaired) electrons. The first-order valence-corrected chi connectivity index (χ1v) is 7.07. The van der Waals surface area contributed by atoms with Gasteiger partial charge in [0, 0.05) is 0 Å². The standard InChI is InChI=1S/C11H13I2NO3/c1-14-9(11(15)16)5-6-3-7(12)10(17-2)8(13)4-6/h3-4,9,14H,5H2,1-2H3,(H,15,16)/t9-/m0/s1. The highest BCUT2D eigenvalue weighted by molar-refractivity contribution is 14.1. The Morgan fingerprint density at radius 1 is 1.47 bits per heavy atom. The topological polar surface area (TPSA) is 58.6 Å². The zero-order chi connectivity index (χ0) is 13.0. The Hall–Kier alpha value is -0.0900. The average Bonchev–Trinajstić information content (AvgIpc) is 2.25. The van der Waals surface area contributed by atoms with Crippen LogP contribution in [0.15, 0.2) is 12.1 Å². The summed E-state index contributed by atoms with van der Waals surface area (Å²) in [5.41, 5.74) is 0.987. The molecule has 0 bridgehead atoms. The monoisotopic (exact) mass is 461 g/mol. The fourth-order valence-corrected chi connectivity index (χ4v) is 3.81. The first-order chi connectivity index (χ1) is 7.99. The lowest BCUT2D eigenvalue weighted by Gasteiger charge is -2.13. The number of hydrogen-bond donors (Lipinski definition) is 2. The Morgan fingerprint density at radius 2 is 2.00 bits per heavy atom. The summed E-state index contributed by atoms with van der Waals surface area (Å²) < 4.78 is 7.25. The molecule has 1 aromatic rings. The summed E-state index contributed by atoms with van der Waals surface area (Å²) in [5.74, 6) is -0.000355. The summed E-state index contributed by atoms with van der Waals surface area (Å²) >= 11 is 4.38. The Balaban J connectivity index is 2.97. The number of methoxy groups -OCH3 is 1. The van der Waals surface area contributed by atoms with Gasteiger partial charge in [-0.15, -0.1) is 0 Å². The molecule has 0 amide bonds. The summed E-state index contributed by atoms with van der Waals surface area (Å²) in [5, 5.41) is 11.8. The van der Waals surface area contributed by atoms with Gasteiger partial charge in [0.25, 0.3) is 0 Å². The summed E-state index contributed by atoms with van der Waals surface area (Å²) in [7, 11) is 3.28. The first kappa shape index (κ1) is 15.0. The van der Waals surface area contributed by atoms with Gasteiger partial charge in [-0.1, -0.05) is 0 Å². The lowest BCUT2D eigenvalue weighted by molar-refractivity contribution is -0.139. The number of ether oxygens (including phenoxy) is 1. The predicted octanol–water partition coefficient (Wildman–Crippen LogP) is 2.12. The van der Waals surface area contributed by atoms with Crippen LogP contribution in [0.25, 0.3) is 0 Å². The van der Waals surface area contributed by atoms with Gasteiger partial charge < -0.3 is 15.2 Å². The highest BCUT2D eigenvalue weighted by Gasteiger charge is 2.17. The molecule has 0 saturated heterocycles. The van der Waals surface area contributed by atoms with Crippen molar-refractivity contribution < 1.29 is 14.6 Å². The minimum atomic E-state index is -0.840. The second-order valence-corrected chi connectivity index (χ2v) is 5.80. The minimum Gasteiger partial charge on any atom is -0.495 e. The Bertz CT molecular complexity index is 400. The van der Waals surface area contributed by atoms with E-state index in [2.05, 4.69) is 50.5 Å². The molecule has 4 nitrogen and oxygen atoms in total. The zero-order valence-electron chi connectivity index (χ0n) is 9.46. The second-order valence-electron chi connectivity index (χ2n) is 3.48. The van der Waals surface area contributed by atoms with E-state index in [4.69, 9.17) is 9.84 Å². The molecule has 0 saturated carbocycles. The molecule has 0 spiro atoms. The fourth-order valence-electron chi connectivity index (χ4n) is 1.47. The SMILES string of the molecule is CN[C@@H](Cc1cc(I)c(OC)c(I)c1)C(=O)O. The van der Waals surface area contributed by atoms with Crippen molar-refractivity contribution in [2.24, 2.45) is 0 Å². The zero-order valence-corrected chi connectivity index (χ0v) is 13.8. The number of hydrogen-bond acceptors (Lipinski definition) is 3. The molecule has 0 aromatic heterocycles. The van der Waals surface area contributed by atoms with Crippen LogP contribution in [0.1, 0.15) is 5.56 Å². The number of benzene rings is 1. The number of halogens is 2. The van der Waals surface area contributed by atoms with Crippen molar-refractivity contribution in [1.82, 2.24) is 5.32 Å². The first-order valence-electron chi connectivity index (χ1n) is 4.91. The van der Waals surface area contributed by atoms with E-state index >= 15 is 0 Å². The van der Waals surface area contributed by atoms with E-state index in [1.54, 1.807) is 14.2 Å². The van der Waals surface area contributed by atoms with Crippen LogP contribution >= 0.6 is 45.2 Å². The molecule has 1 atom stereocenters. The van der Waals surface area contributed by atoms with Crippen LogP contribution in [0, 0.1) is 7.14 Å². The molecular formula is C11H13I2NO3. The van der Waals surface area contributed by atoms with Crippen LogP contribution in [0.4, 0.5) is 0 Å². The van der Waals surface area contributed by atoms with Crippen molar-refractivity contribution in [2.45, 2.75) is 12.5 Å². The molecule has 0 heterocycles. The van der Waals surface area contributed by atoms with Crippen molar-refractivity contribution in [2.75, 3.05) is 14.2 Å². The third-order valence-corrected chi connectivity index (χ3v) is 3.95. The predicted molar refractivity (Wildman–Crippen MR) is 82.6 cm³/mol. The normalized spacial score (nSPS) is 12.2. The maximum Gasteiger partial charge on any atom is 0.321 e. The molecular weight excluding hydrogens is 448 g/mol. The largest absolute Gasteiger partial charge is 0.495 e. The van der Waals surface area contributed by atoms with Crippen LogP contribution < -0.4 is 10.1 Å². The third kappa shape index (κ3) is 3.95. The molecule has 94 valence electrons. The van der Waals surface area contributed by atoms with Crippen LogP contribution in [-0.2, 0) is 11.2 Å². The van der Waals surface area contributed by atoms with Gasteiger partial charge in [0.2, 0.25) is 0 Å². The molecule has 17 heavy (non-hydrogen) atoms. The van der Waals surface area contributed by atoms with Gasteiger partial charge in [0.05, 0.1) is 14.3 Å². The third-order valence-electron chi connectivity index (χ3n) is 2.35. The van der Waals surface area contributed by atoms with Crippen molar-refractivity contribution in [1.29, 1.82) is 0 Å². The van der Waals surface area contributed by atoms with Crippen molar-refractivity contribution in [3.8, 4) is 5.75 Å². The number of rotatable bonds is 5. The van der Waals surface area contributed by atoms with E-state index < -0.39 is 12.0 Å². The molecule has 2 N–H and O–H groups in total. The lowest BCUT2D eigenvalue weighted by atomic mass is 10.1. The van der Waals surface area contributed by atoms with E-state index in [-0.39, 0.29) is 0 Å². The van der Waals surface area contributed by atoms with Gasteiger partial charge in [0.1, 0.15) is 11.8 Å². The number of carboxylic acids is 1. The van der Waals surface area contributed by atoms with Gasteiger partial charge in [-0.05, 0) is 76.3 Å². The van der Waals surface area contributed by atoms with E-state index in [0.717, 1.165) is 18.5 Å². The molecule has 0 fully saturated rings. The fraction of sp³-hybridized carbons (Fsp3) is 0.364. The summed E-state index contributed by atoms with van der Waals surface area (Å²) in [6.45, 7) is 0. The van der Waals surface area contributed by atoms with E-state index in [9.17, 15) is 4.79 Å². The highest BCUT2D eigenvalue weighted by atomic mass is 127. The van der Waals surface area contributed by atoms with Crippen molar-refractivity contribution >= 4 is 51.2 Å². The van der Waals surface area contributed by atoms with Gasteiger partial charge >= 0.3 is 5.97 Å². The van der Waals surface area contributed by atoms with Crippen LogP contribution in [0.5, 0.6) is 5.75 Å². The Morgan fingerprint density at radius 3 is 2.35 bits per heavy atom. The molecule has 0 unspecified atom stereocenters. The van der Waals surface area contributed by atoms with Crippen molar-refractivity contribution in [3.05, 3.63) is 24.8 Å². The highest BCUT2D eigenvalue weighted by Crippen LogP contribution is 2.28. The average molecular weight is 461 g/mol. The van der Waals surface area contributed by atoms with E-state index in [1.807, 2.05) is 12.1 Å². The molecule has 0 aliphatic heterocycles. The Labute approximate surface area is 127 Å². The van der Waals surface area contributed by atoms with Gasteiger partial charge in [-0.2, -0.15) is 0 Å². The van der Waals surface area contributed by atoms with Crippen LogP contribution in [0.3, 0.4) is 0 Å². The minimum absolute atomic E-state index is 0.460. The quantitative estimate of drug-likeness (QED) is 0.661. The molecule has 6 heteroatoms. The van der Waals surface area contributed by atoms with Crippen LogP contribution in [0.2, 0.25) is 0 Å². The van der Waals surface area contributed by atoms with Crippen LogP contribution in [-0.4, -0.2) is 31.3 Å². The maximum absolute atomic E-state index is 10.9. The number of carboxylic acid groups (broad SMARTS) is 1. The smallest absolute Gasteiger partial charge is 0.321 e. The van der Waals surface area contributed by atoms with Gasteiger partial charge in [-0.3, -0.25) is 4.79 Å². The summed E-state index contributed by atoms with van der Waals surface area (Å²) in [4.78, 5) is 10.9. The second kappa shape index (κ2) is 6.74.